The molecule has 0 bridgehead atoms. The molecule has 1 aliphatic rings. The SMILES string of the molecule is CCC1CCCC(C(Cc2ccc(OC)cc2)NC)C1. The van der Waals surface area contributed by atoms with Crippen molar-refractivity contribution in [3.8, 4) is 5.75 Å². The van der Waals surface area contributed by atoms with E-state index in [1.165, 1.54) is 37.7 Å². The number of hydrogen-bond donors (Lipinski definition) is 1. The predicted octanol–water partition coefficient (Wildman–Crippen LogP) is 4.04. The Morgan fingerprint density at radius 2 is 2.00 bits per heavy atom. The van der Waals surface area contributed by atoms with Gasteiger partial charge in [0.25, 0.3) is 0 Å². The highest BCUT2D eigenvalue weighted by atomic mass is 16.5. The van der Waals surface area contributed by atoms with Crippen LogP contribution in [-0.4, -0.2) is 20.2 Å². The van der Waals surface area contributed by atoms with Crippen LogP contribution >= 0.6 is 0 Å². The van der Waals surface area contributed by atoms with Crippen molar-refractivity contribution >= 4 is 0 Å². The van der Waals surface area contributed by atoms with Gasteiger partial charge < -0.3 is 10.1 Å². The smallest absolute Gasteiger partial charge is 0.118 e. The maximum absolute atomic E-state index is 5.23. The summed E-state index contributed by atoms with van der Waals surface area (Å²) in [4.78, 5) is 0. The van der Waals surface area contributed by atoms with Crippen LogP contribution in [-0.2, 0) is 6.42 Å². The fourth-order valence-corrected chi connectivity index (χ4v) is 3.59. The molecule has 1 fully saturated rings. The quantitative estimate of drug-likeness (QED) is 0.846. The summed E-state index contributed by atoms with van der Waals surface area (Å²) in [6, 6.07) is 9.14. The number of nitrogens with one attached hydrogen (secondary N) is 1. The molecule has 1 aromatic rings. The lowest BCUT2D eigenvalue weighted by atomic mass is 9.75. The molecule has 2 heteroatoms. The summed E-state index contributed by atoms with van der Waals surface area (Å²) in [6.45, 7) is 2.34. The van der Waals surface area contributed by atoms with Crippen molar-refractivity contribution in [2.45, 2.75) is 51.5 Å². The summed E-state index contributed by atoms with van der Waals surface area (Å²) in [6.07, 6.45) is 8.10. The van der Waals surface area contributed by atoms with Crippen molar-refractivity contribution in [2.24, 2.45) is 11.8 Å². The third-order valence-electron chi connectivity index (χ3n) is 4.96. The van der Waals surface area contributed by atoms with Crippen molar-refractivity contribution in [3.05, 3.63) is 29.8 Å². The van der Waals surface area contributed by atoms with Crippen LogP contribution in [0.25, 0.3) is 0 Å². The lowest BCUT2D eigenvalue weighted by molar-refractivity contribution is 0.212. The Labute approximate surface area is 123 Å². The van der Waals surface area contributed by atoms with E-state index in [1.54, 1.807) is 7.11 Å². The highest BCUT2D eigenvalue weighted by Gasteiger charge is 2.26. The first-order valence-corrected chi connectivity index (χ1v) is 8.07. The Hall–Kier alpha value is -1.02. The first kappa shape index (κ1) is 15.4. The zero-order valence-corrected chi connectivity index (χ0v) is 13.2. The normalized spacial score (nSPS) is 24.4. The summed E-state index contributed by atoms with van der Waals surface area (Å²) >= 11 is 0. The van der Waals surface area contributed by atoms with Crippen LogP contribution in [0.3, 0.4) is 0 Å². The van der Waals surface area contributed by atoms with Gasteiger partial charge in [-0.05, 0) is 55.8 Å². The molecule has 0 radical (unpaired) electrons. The van der Waals surface area contributed by atoms with E-state index in [0.717, 1.165) is 24.0 Å². The molecule has 2 nitrogen and oxygen atoms in total. The monoisotopic (exact) mass is 275 g/mol. The first-order valence-electron chi connectivity index (χ1n) is 8.07. The second-order valence-electron chi connectivity index (χ2n) is 6.15. The van der Waals surface area contributed by atoms with Gasteiger partial charge in [0, 0.05) is 6.04 Å². The maximum Gasteiger partial charge on any atom is 0.118 e. The average Bonchev–Trinajstić information content (AvgIpc) is 2.53. The van der Waals surface area contributed by atoms with Gasteiger partial charge in [-0.2, -0.15) is 0 Å². The van der Waals surface area contributed by atoms with Crippen LogP contribution in [0.2, 0.25) is 0 Å². The molecule has 3 unspecified atom stereocenters. The second-order valence-corrected chi connectivity index (χ2v) is 6.15. The van der Waals surface area contributed by atoms with Gasteiger partial charge in [-0.15, -0.1) is 0 Å². The number of ether oxygens (including phenoxy) is 1. The average molecular weight is 275 g/mol. The number of methoxy groups -OCH3 is 1. The Kier molecular flexibility index (Phi) is 5.90. The molecule has 0 spiro atoms. The van der Waals surface area contributed by atoms with Gasteiger partial charge in [-0.3, -0.25) is 0 Å². The van der Waals surface area contributed by atoms with Gasteiger partial charge in [-0.25, -0.2) is 0 Å². The minimum absolute atomic E-state index is 0.609. The number of benzene rings is 1. The molecule has 20 heavy (non-hydrogen) atoms. The maximum atomic E-state index is 5.23. The van der Waals surface area contributed by atoms with Gasteiger partial charge in [0.2, 0.25) is 0 Å². The van der Waals surface area contributed by atoms with E-state index in [0.29, 0.717) is 6.04 Å². The lowest BCUT2D eigenvalue weighted by Crippen LogP contribution is -2.38. The Morgan fingerprint density at radius 1 is 1.25 bits per heavy atom. The van der Waals surface area contributed by atoms with E-state index in [-0.39, 0.29) is 0 Å². The summed E-state index contributed by atoms with van der Waals surface area (Å²) in [5.74, 6) is 2.72. The summed E-state index contributed by atoms with van der Waals surface area (Å²) in [5.41, 5.74) is 1.41. The Bertz CT molecular complexity index is 387. The number of hydrogen-bond acceptors (Lipinski definition) is 2. The van der Waals surface area contributed by atoms with Gasteiger partial charge in [0.1, 0.15) is 5.75 Å². The summed E-state index contributed by atoms with van der Waals surface area (Å²) in [7, 11) is 3.84. The van der Waals surface area contributed by atoms with Crippen molar-refractivity contribution in [3.63, 3.8) is 0 Å². The van der Waals surface area contributed by atoms with E-state index < -0.39 is 0 Å². The predicted molar refractivity (Wildman–Crippen MR) is 85.3 cm³/mol. The first-order chi connectivity index (χ1) is 9.76. The van der Waals surface area contributed by atoms with Crippen LogP contribution in [0, 0.1) is 11.8 Å². The van der Waals surface area contributed by atoms with Gasteiger partial charge in [0.05, 0.1) is 7.11 Å². The third-order valence-corrected chi connectivity index (χ3v) is 4.96. The topological polar surface area (TPSA) is 21.3 Å². The molecule has 1 aliphatic carbocycles. The molecule has 0 heterocycles. The van der Waals surface area contributed by atoms with Gasteiger partial charge >= 0.3 is 0 Å². The van der Waals surface area contributed by atoms with E-state index in [9.17, 15) is 0 Å². The molecule has 112 valence electrons. The van der Waals surface area contributed by atoms with Gasteiger partial charge in [0.15, 0.2) is 0 Å². The fraction of sp³-hybridized carbons (Fsp3) is 0.667. The van der Waals surface area contributed by atoms with E-state index in [1.807, 2.05) is 0 Å². The minimum Gasteiger partial charge on any atom is -0.497 e. The van der Waals surface area contributed by atoms with E-state index in [2.05, 4.69) is 43.6 Å². The molecule has 3 atom stereocenters. The lowest BCUT2D eigenvalue weighted by Gasteiger charge is -2.34. The number of likely N-dealkylation sites (N-methyl/N-ethyl adjacent to an activating group) is 1. The molecule has 0 aromatic heterocycles. The zero-order valence-electron chi connectivity index (χ0n) is 13.2. The van der Waals surface area contributed by atoms with Crippen LogP contribution < -0.4 is 10.1 Å². The zero-order chi connectivity index (χ0) is 14.4. The fourth-order valence-electron chi connectivity index (χ4n) is 3.59. The summed E-state index contributed by atoms with van der Waals surface area (Å²) < 4.78 is 5.23. The molecule has 1 saturated carbocycles. The van der Waals surface area contributed by atoms with Crippen molar-refractivity contribution < 1.29 is 4.74 Å². The summed E-state index contributed by atoms with van der Waals surface area (Å²) in [5, 5.41) is 3.56. The third kappa shape index (κ3) is 3.99. The van der Waals surface area contributed by atoms with Crippen LogP contribution in [0.4, 0.5) is 0 Å². The van der Waals surface area contributed by atoms with Crippen molar-refractivity contribution in [1.29, 1.82) is 0 Å². The Balaban J connectivity index is 1.96. The molecule has 0 aliphatic heterocycles. The molecular formula is C18H29NO. The molecule has 1 aromatic carbocycles. The highest BCUT2D eigenvalue weighted by molar-refractivity contribution is 5.27. The van der Waals surface area contributed by atoms with Crippen LogP contribution in [0.1, 0.15) is 44.6 Å². The minimum atomic E-state index is 0.609. The van der Waals surface area contributed by atoms with Crippen molar-refractivity contribution in [1.82, 2.24) is 5.32 Å². The molecule has 2 rings (SSSR count). The van der Waals surface area contributed by atoms with Crippen LogP contribution in [0.15, 0.2) is 24.3 Å². The molecular weight excluding hydrogens is 246 g/mol. The molecule has 0 saturated heterocycles. The van der Waals surface area contributed by atoms with Crippen LogP contribution in [0.5, 0.6) is 5.75 Å². The number of rotatable bonds is 6. The largest absolute Gasteiger partial charge is 0.497 e. The van der Waals surface area contributed by atoms with Crippen molar-refractivity contribution in [2.75, 3.05) is 14.2 Å². The van der Waals surface area contributed by atoms with E-state index in [4.69, 9.17) is 4.74 Å². The van der Waals surface area contributed by atoms with E-state index >= 15 is 0 Å². The van der Waals surface area contributed by atoms with Gasteiger partial charge in [-0.1, -0.05) is 38.3 Å². The molecule has 1 N–H and O–H groups in total. The standard InChI is InChI=1S/C18H29NO/c1-4-14-6-5-7-16(12-14)18(19-2)13-15-8-10-17(20-3)11-9-15/h8-11,14,16,18-19H,4-7,12-13H2,1-3H3. The highest BCUT2D eigenvalue weighted by Crippen LogP contribution is 2.33. The second kappa shape index (κ2) is 7.68. The molecule has 0 amide bonds. The Morgan fingerprint density at radius 3 is 2.60 bits per heavy atom.